The first-order valence-electron chi connectivity index (χ1n) is 7.67. The maximum Gasteiger partial charge on any atom is 0.231 e. The summed E-state index contributed by atoms with van der Waals surface area (Å²) < 4.78 is 0. The molecule has 2 aromatic rings. The van der Waals surface area contributed by atoms with Gasteiger partial charge >= 0.3 is 0 Å². The van der Waals surface area contributed by atoms with Crippen molar-refractivity contribution in [1.82, 2.24) is 5.32 Å². The maximum atomic E-state index is 12.8. The topological polar surface area (TPSA) is 29.1 Å². The average molecular weight is 299 g/mol. The SMILES string of the molecule is O=C(NCCc1ccccc1)C1(c2cccs2)CCCC1. The predicted molar refractivity (Wildman–Crippen MR) is 87.6 cm³/mol. The molecule has 1 fully saturated rings. The third-order valence-electron chi connectivity index (χ3n) is 4.43. The fourth-order valence-electron chi connectivity index (χ4n) is 3.25. The van der Waals surface area contributed by atoms with Gasteiger partial charge in [-0.1, -0.05) is 49.2 Å². The lowest BCUT2D eigenvalue weighted by molar-refractivity contribution is -0.126. The molecule has 0 aliphatic heterocycles. The first kappa shape index (κ1) is 14.3. The minimum absolute atomic E-state index is 0.221. The molecule has 0 atom stereocenters. The molecule has 1 aliphatic rings. The summed E-state index contributed by atoms with van der Waals surface area (Å²) >= 11 is 1.72. The number of amides is 1. The highest BCUT2D eigenvalue weighted by Gasteiger charge is 2.43. The first-order chi connectivity index (χ1) is 10.3. The van der Waals surface area contributed by atoms with Gasteiger partial charge in [-0.2, -0.15) is 0 Å². The van der Waals surface area contributed by atoms with E-state index >= 15 is 0 Å². The van der Waals surface area contributed by atoms with Gasteiger partial charge in [0.1, 0.15) is 0 Å². The molecule has 2 nitrogen and oxygen atoms in total. The Balaban J connectivity index is 1.63. The third kappa shape index (κ3) is 3.03. The Hall–Kier alpha value is -1.61. The van der Waals surface area contributed by atoms with Crippen molar-refractivity contribution in [2.75, 3.05) is 6.54 Å². The molecule has 1 saturated carbocycles. The van der Waals surface area contributed by atoms with E-state index in [2.05, 4.69) is 35.0 Å². The van der Waals surface area contributed by atoms with Crippen molar-refractivity contribution in [2.45, 2.75) is 37.5 Å². The summed E-state index contributed by atoms with van der Waals surface area (Å²) in [6, 6.07) is 14.5. The molecule has 1 aromatic carbocycles. The van der Waals surface area contributed by atoms with Gasteiger partial charge in [-0.15, -0.1) is 11.3 Å². The van der Waals surface area contributed by atoms with E-state index in [0.29, 0.717) is 0 Å². The predicted octanol–water partition coefficient (Wildman–Crippen LogP) is 3.92. The molecule has 1 amide bonds. The van der Waals surface area contributed by atoms with Crippen LogP contribution in [0.1, 0.15) is 36.1 Å². The van der Waals surface area contributed by atoms with E-state index in [1.165, 1.54) is 10.4 Å². The standard InChI is InChI=1S/C18H21NOS/c20-17(19-13-10-15-7-2-1-3-8-15)18(11-4-5-12-18)16-9-6-14-21-16/h1-3,6-9,14H,4-5,10-13H2,(H,19,20). The lowest BCUT2D eigenvalue weighted by Gasteiger charge is -2.26. The van der Waals surface area contributed by atoms with E-state index < -0.39 is 0 Å². The number of hydrogen-bond donors (Lipinski definition) is 1. The fourth-order valence-corrected chi connectivity index (χ4v) is 4.23. The number of thiophene rings is 1. The molecule has 3 heteroatoms. The number of hydrogen-bond acceptors (Lipinski definition) is 2. The lowest BCUT2D eigenvalue weighted by atomic mass is 9.83. The van der Waals surface area contributed by atoms with Crippen LogP contribution in [0.3, 0.4) is 0 Å². The van der Waals surface area contributed by atoms with Crippen molar-refractivity contribution in [3.8, 4) is 0 Å². The second-order valence-corrected chi connectivity index (χ2v) is 6.71. The van der Waals surface area contributed by atoms with Crippen LogP contribution in [-0.2, 0) is 16.6 Å². The Kier molecular flexibility index (Phi) is 4.39. The first-order valence-corrected chi connectivity index (χ1v) is 8.55. The number of carbonyl (C=O) groups is 1. The molecule has 1 aliphatic carbocycles. The Morgan fingerprint density at radius 2 is 1.86 bits per heavy atom. The molecule has 0 bridgehead atoms. The number of nitrogens with one attached hydrogen (secondary N) is 1. The van der Waals surface area contributed by atoms with Crippen molar-refractivity contribution in [2.24, 2.45) is 0 Å². The smallest absolute Gasteiger partial charge is 0.231 e. The summed E-state index contributed by atoms with van der Waals surface area (Å²) in [5.41, 5.74) is 1.01. The molecule has 1 aromatic heterocycles. The molecule has 1 heterocycles. The van der Waals surface area contributed by atoms with E-state index in [1.807, 2.05) is 18.2 Å². The highest BCUT2D eigenvalue weighted by atomic mass is 32.1. The quantitative estimate of drug-likeness (QED) is 0.891. The summed E-state index contributed by atoms with van der Waals surface area (Å²) in [7, 11) is 0. The van der Waals surface area contributed by atoms with E-state index in [0.717, 1.165) is 38.6 Å². The second kappa shape index (κ2) is 6.44. The molecule has 0 saturated heterocycles. The van der Waals surface area contributed by atoms with Crippen LogP contribution in [-0.4, -0.2) is 12.5 Å². The Morgan fingerprint density at radius 1 is 1.10 bits per heavy atom. The van der Waals surface area contributed by atoms with Crippen LogP contribution in [0.5, 0.6) is 0 Å². The molecule has 110 valence electrons. The van der Waals surface area contributed by atoms with Crippen molar-refractivity contribution in [3.63, 3.8) is 0 Å². The summed E-state index contributed by atoms with van der Waals surface area (Å²) in [6.45, 7) is 0.718. The molecule has 21 heavy (non-hydrogen) atoms. The summed E-state index contributed by atoms with van der Waals surface area (Å²) in [5, 5.41) is 5.25. The maximum absolute atomic E-state index is 12.8. The monoisotopic (exact) mass is 299 g/mol. The van der Waals surface area contributed by atoms with Crippen molar-refractivity contribution < 1.29 is 4.79 Å². The van der Waals surface area contributed by atoms with Gasteiger partial charge in [0, 0.05) is 11.4 Å². The average Bonchev–Trinajstić information content (AvgIpc) is 3.20. The zero-order chi connectivity index (χ0) is 14.5. The van der Waals surface area contributed by atoms with Crippen LogP contribution in [0.4, 0.5) is 0 Å². The van der Waals surface area contributed by atoms with Crippen LogP contribution in [0.2, 0.25) is 0 Å². The van der Waals surface area contributed by atoms with Crippen LogP contribution >= 0.6 is 11.3 Å². The number of carbonyl (C=O) groups excluding carboxylic acids is 1. The van der Waals surface area contributed by atoms with Crippen LogP contribution < -0.4 is 5.32 Å². The fraction of sp³-hybridized carbons (Fsp3) is 0.389. The van der Waals surface area contributed by atoms with Crippen LogP contribution in [0, 0.1) is 0 Å². The molecule has 0 unspecified atom stereocenters. The largest absolute Gasteiger partial charge is 0.355 e. The van der Waals surface area contributed by atoms with Crippen molar-refractivity contribution in [3.05, 3.63) is 58.3 Å². The molecule has 0 spiro atoms. The molecular formula is C18H21NOS. The van der Waals surface area contributed by atoms with Gasteiger partial charge in [0.2, 0.25) is 5.91 Å². The minimum Gasteiger partial charge on any atom is -0.355 e. The van der Waals surface area contributed by atoms with Crippen molar-refractivity contribution in [1.29, 1.82) is 0 Å². The Morgan fingerprint density at radius 3 is 2.52 bits per heavy atom. The summed E-state index contributed by atoms with van der Waals surface area (Å²) in [4.78, 5) is 14.0. The van der Waals surface area contributed by atoms with Crippen LogP contribution in [0.25, 0.3) is 0 Å². The highest BCUT2D eigenvalue weighted by molar-refractivity contribution is 7.10. The molecule has 1 N–H and O–H groups in total. The van der Waals surface area contributed by atoms with Gasteiger partial charge in [0.05, 0.1) is 5.41 Å². The van der Waals surface area contributed by atoms with Gasteiger partial charge < -0.3 is 5.32 Å². The number of benzene rings is 1. The molecule has 0 radical (unpaired) electrons. The zero-order valence-corrected chi connectivity index (χ0v) is 13.0. The van der Waals surface area contributed by atoms with Crippen molar-refractivity contribution >= 4 is 17.2 Å². The Labute approximate surface area is 130 Å². The second-order valence-electron chi connectivity index (χ2n) is 5.76. The zero-order valence-electron chi connectivity index (χ0n) is 12.2. The normalized spacial score (nSPS) is 16.8. The van der Waals surface area contributed by atoms with E-state index in [9.17, 15) is 4.79 Å². The summed E-state index contributed by atoms with van der Waals surface area (Å²) in [6.07, 6.45) is 5.19. The Bertz CT molecular complexity index is 571. The minimum atomic E-state index is -0.259. The summed E-state index contributed by atoms with van der Waals surface area (Å²) in [5.74, 6) is 0.221. The molecule has 3 rings (SSSR count). The third-order valence-corrected chi connectivity index (χ3v) is 5.50. The highest BCUT2D eigenvalue weighted by Crippen LogP contribution is 2.43. The van der Waals surface area contributed by atoms with E-state index in [4.69, 9.17) is 0 Å². The number of rotatable bonds is 5. The van der Waals surface area contributed by atoms with Gasteiger partial charge in [-0.05, 0) is 36.3 Å². The van der Waals surface area contributed by atoms with Crippen LogP contribution in [0.15, 0.2) is 47.8 Å². The molecular weight excluding hydrogens is 278 g/mol. The van der Waals surface area contributed by atoms with E-state index in [1.54, 1.807) is 11.3 Å². The van der Waals surface area contributed by atoms with Gasteiger partial charge in [0.25, 0.3) is 0 Å². The van der Waals surface area contributed by atoms with Gasteiger partial charge in [-0.3, -0.25) is 4.79 Å². The van der Waals surface area contributed by atoms with E-state index in [-0.39, 0.29) is 11.3 Å². The van der Waals surface area contributed by atoms with Gasteiger partial charge in [-0.25, -0.2) is 0 Å². The van der Waals surface area contributed by atoms with Gasteiger partial charge in [0.15, 0.2) is 0 Å². The lowest BCUT2D eigenvalue weighted by Crippen LogP contribution is -2.42.